The number of nitrogens with zero attached hydrogens (tertiary/aromatic N) is 3. The molecule has 2 N–H and O–H groups in total. The fourth-order valence-electron chi connectivity index (χ4n) is 0.449. The average Bonchev–Trinajstić information content (AvgIpc) is 2.52. The van der Waals surface area contributed by atoms with Gasteiger partial charge in [0.1, 0.15) is 0 Å². The molecule has 1 heterocycles. The van der Waals surface area contributed by atoms with Crippen molar-refractivity contribution in [1.82, 2.24) is 10.7 Å². The van der Waals surface area contributed by atoms with Crippen molar-refractivity contribution < 1.29 is 0 Å². The summed E-state index contributed by atoms with van der Waals surface area (Å²) in [5.74, 6) is 0.516. The Morgan fingerprint density at radius 2 is 2.55 bits per heavy atom. The van der Waals surface area contributed by atoms with Gasteiger partial charge in [-0.2, -0.15) is 10.2 Å². The molecule has 5 nitrogen and oxygen atoms in total. The Kier molecular flexibility index (Phi) is 2.67. The lowest BCUT2D eigenvalue weighted by molar-refractivity contribution is 0.972. The van der Waals surface area contributed by atoms with E-state index >= 15 is 0 Å². The van der Waals surface area contributed by atoms with Crippen molar-refractivity contribution in [2.24, 2.45) is 15.3 Å². The van der Waals surface area contributed by atoms with Gasteiger partial charge in [0.2, 0.25) is 0 Å². The lowest BCUT2D eigenvalue weighted by Gasteiger charge is -1.98. The van der Waals surface area contributed by atoms with E-state index in [1.807, 2.05) is 0 Å². The fraction of sp³-hybridized carbons (Fsp3) is 0.200. The first-order chi connectivity index (χ1) is 5.33. The molecule has 0 atom stereocenters. The second-order valence-corrected chi connectivity index (χ2v) is 2.10. The molecule has 0 unspecified atom stereocenters. The standard InChI is InChI=1S/C5H7N5S/c1-6-5(11)10-9-4-2-3-7-8-4/h2-3H,1H3,(H2,6,10,11). The predicted molar refractivity (Wildman–Crippen MR) is 46.2 cm³/mol. The molecule has 1 aliphatic rings. The molecule has 0 radical (unpaired) electrons. The third-order valence-electron chi connectivity index (χ3n) is 0.950. The Morgan fingerprint density at radius 3 is 3.09 bits per heavy atom. The van der Waals surface area contributed by atoms with E-state index in [0.717, 1.165) is 0 Å². The van der Waals surface area contributed by atoms with Crippen LogP contribution >= 0.6 is 12.2 Å². The number of amidine groups is 1. The minimum absolute atomic E-state index is 0.452. The zero-order chi connectivity index (χ0) is 8.10. The van der Waals surface area contributed by atoms with Crippen LogP contribution in [0.25, 0.3) is 0 Å². The van der Waals surface area contributed by atoms with Gasteiger partial charge in [0, 0.05) is 13.1 Å². The molecule has 0 saturated heterocycles. The molecule has 0 bridgehead atoms. The molecule has 58 valence electrons. The first-order valence-corrected chi connectivity index (χ1v) is 3.36. The SMILES string of the molecule is CNC(=S)NN=C1C=CN=N1. The van der Waals surface area contributed by atoms with Crippen molar-refractivity contribution >= 4 is 23.2 Å². The quantitative estimate of drug-likeness (QED) is 0.440. The van der Waals surface area contributed by atoms with Crippen molar-refractivity contribution in [1.29, 1.82) is 0 Å². The van der Waals surface area contributed by atoms with Gasteiger partial charge in [0.15, 0.2) is 10.9 Å². The number of rotatable bonds is 1. The monoisotopic (exact) mass is 169 g/mol. The van der Waals surface area contributed by atoms with E-state index < -0.39 is 0 Å². The molecule has 11 heavy (non-hydrogen) atoms. The molecule has 0 aliphatic carbocycles. The van der Waals surface area contributed by atoms with E-state index in [0.29, 0.717) is 10.9 Å². The Bertz CT molecular complexity index is 227. The van der Waals surface area contributed by atoms with Crippen LogP contribution in [0.5, 0.6) is 0 Å². The predicted octanol–water partition coefficient (Wildman–Crippen LogP) is 0.373. The Morgan fingerprint density at radius 1 is 1.73 bits per heavy atom. The van der Waals surface area contributed by atoms with Gasteiger partial charge in [-0.1, -0.05) is 0 Å². The summed E-state index contributed by atoms with van der Waals surface area (Å²) >= 11 is 4.76. The smallest absolute Gasteiger partial charge is 0.195 e. The molecule has 0 amide bonds. The van der Waals surface area contributed by atoms with Crippen molar-refractivity contribution in [3.8, 4) is 0 Å². The molecule has 0 spiro atoms. The largest absolute Gasteiger partial charge is 0.364 e. The topological polar surface area (TPSA) is 61.1 Å². The van der Waals surface area contributed by atoms with E-state index in [1.54, 1.807) is 19.3 Å². The Hall–Kier alpha value is -1.30. The van der Waals surface area contributed by atoms with Crippen molar-refractivity contribution in [3.05, 3.63) is 12.3 Å². The van der Waals surface area contributed by atoms with Crippen LogP contribution < -0.4 is 10.7 Å². The van der Waals surface area contributed by atoms with Gasteiger partial charge in [-0.15, -0.1) is 5.11 Å². The highest BCUT2D eigenvalue weighted by molar-refractivity contribution is 7.80. The molecule has 0 saturated carbocycles. The van der Waals surface area contributed by atoms with E-state index in [2.05, 4.69) is 26.1 Å². The summed E-state index contributed by atoms with van der Waals surface area (Å²) in [7, 11) is 1.71. The molecular formula is C5H7N5S. The minimum Gasteiger partial charge on any atom is -0.364 e. The van der Waals surface area contributed by atoms with Crippen LogP contribution in [0.4, 0.5) is 0 Å². The molecule has 1 rings (SSSR count). The van der Waals surface area contributed by atoms with Crippen LogP contribution in [0.2, 0.25) is 0 Å². The minimum atomic E-state index is 0.452. The van der Waals surface area contributed by atoms with Gasteiger partial charge in [-0.25, -0.2) is 0 Å². The molecule has 1 aliphatic heterocycles. The first-order valence-electron chi connectivity index (χ1n) is 2.96. The lowest BCUT2D eigenvalue weighted by Crippen LogP contribution is -2.28. The van der Waals surface area contributed by atoms with Crippen molar-refractivity contribution in [2.45, 2.75) is 0 Å². The zero-order valence-electron chi connectivity index (χ0n) is 5.90. The highest BCUT2D eigenvalue weighted by Gasteiger charge is 1.95. The Balaban J connectivity index is 2.41. The van der Waals surface area contributed by atoms with Gasteiger partial charge >= 0.3 is 0 Å². The first kappa shape index (κ1) is 7.80. The van der Waals surface area contributed by atoms with Gasteiger partial charge in [-0.05, 0) is 12.2 Å². The molecule has 0 aromatic heterocycles. The summed E-state index contributed by atoms with van der Waals surface area (Å²) < 4.78 is 0. The van der Waals surface area contributed by atoms with Gasteiger partial charge in [0.25, 0.3) is 0 Å². The van der Waals surface area contributed by atoms with Gasteiger partial charge in [0.05, 0.1) is 6.20 Å². The summed E-state index contributed by atoms with van der Waals surface area (Å²) in [6.07, 6.45) is 3.23. The number of hydrogen-bond donors (Lipinski definition) is 2. The van der Waals surface area contributed by atoms with Crippen LogP contribution in [0.15, 0.2) is 27.6 Å². The summed E-state index contributed by atoms with van der Waals surface area (Å²) in [5, 5.41) is 14.2. The maximum absolute atomic E-state index is 4.76. The second-order valence-electron chi connectivity index (χ2n) is 1.69. The molecule has 0 aromatic rings. The molecule has 0 fully saturated rings. The summed E-state index contributed by atoms with van der Waals surface area (Å²) in [4.78, 5) is 0. The fourth-order valence-corrected chi connectivity index (χ4v) is 0.495. The van der Waals surface area contributed by atoms with Gasteiger partial charge < -0.3 is 5.32 Å². The molecule has 0 aromatic carbocycles. The maximum atomic E-state index is 4.76. The highest BCUT2D eigenvalue weighted by atomic mass is 32.1. The number of hydrazone groups is 1. The normalized spacial score (nSPS) is 17.4. The zero-order valence-corrected chi connectivity index (χ0v) is 6.72. The van der Waals surface area contributed by atoms with Crippen molar-refractivity contribution in [3.63, 3.8) is 0 Å². The summed E-state index contributed by atoms with van der Waals surface area (Å²) in [6, 6.07) is 0. The molecule has 6 heteroatoms. The third-order valence-corrected chi connectivity index (χ3v) is 1.24. The van der Waals surface area contributed by atoms with Crippen LogP contribution in [-0.2, 0) is 0 Å². The highest BCUT2D eigenvalue weighted by Crippen LogP contribution is 1.94. The summed E-state index contributed by atoms with van der Waals surface area (Å²) in [6.45, 7) is 0. The Labute approximate surface area is 69.3 Å². The van der Waals surface area contributed by atoms with Gasteiger partial charge in [-0.3, -0.25) is 5.43 Å². The lowest BCUT2D eigenvalue weighted by atomic mass is 10.6. The number of nitrogens with one attached hydrogen (secondary N) is 2. The number of thiocarbonyl (C=S) groups is 1. The average molecular weight is 169 g/mol. The summed E-state index contributed by atoms with van der Waals surface area (Å²) in [5.41, 5.74) is 2.58. The van der Waals surface area contributed by atoms with Crippen LogP contribution in [0, 0.1) is 0 Å². The van der Waals surface area contributed by atoms with Crippen LogP contribution in [-0.4, -0.2) is 18.0 Å². The van der Waals surface area contributed by atoms with E-state index in [9.17, 15) is 0 Å². The number of hydrogen-bond acceptors (Lipinski definition) is 3. The molecular weight excluding hydrogens is 162 g/mol. The maximum Gasteiger partial charge on any atom is 0.195 e. The number of azo groups is 1. The third kappa shape index (κ3) is 2.42. The van der Waals surface area contributed by atoms with Crippen LogP contribution in [0.3, 0.4) is 0 Å². The van der Waals surface area contributed by atoms with E-state index in [-0.39, 0.29) is 0 Å². The second kappa shape index (κ2) is 3.77. The van der Waals surface area contributed by atoms with E-state index in [4.69, 9.17) is 12.2 Å². The van der Waals surface area contributed by atoms with E-state index in [1.165, 1.54) is 0 Å². The van der Waals surface area contributed by atoms with Crippen molar-refractivity contribution in [2.75, 3.05) is 7.05 Å². The van der Waals surface area contributed by atoms with Crippen LogP contribution in [0.1, 0.15) is 0 Å².